The number of nitrogens with zero attached hydrogens (tertiary/aromatic N) is 1. The van der Waals surface area contributed by atoms with Crippen molar-refractivity contribution in [3.8, 4) is 0 Å². The Hall–Kier alpha value is -1.27. The molecule has 21 heavy (non-hydrogen) atoms. The highest BCUT2D eigenvalue weighted by atomic mass is 32.1. The quantitative estimate of drug-likeness (QED) is 0.845. The molecule has 1 aromatic carbocycles. The van der Waals surface area contributed by atoms with E-state index < -0.39 is 16.1 Å². The van der Waals surface area contributed by atoms with Crippen LogP contribution < -0.4 is 0 Å². The maximum Gasteiger partial charge on any atom is 0.207 e. The average molecular weight is 323 g/mol. The summed E-state index contributed by atoms with van der Waals surface area (Å²) in [6, 6.07) is 5.69. The van der Waals surface area contributed by atoms with E-state index in [2.05, 4.69) is 51.0 Å². The van der Waals surface area contributed by atoms with Gasteiger partial charge in [0, 0.05) is 12.0 Å². The van der Waals surface area contributed by atoms with Gasteiger partial charge in [0.05, 0.1) is 0 Å². The molecule has 2 rings (SSSR count). The normalized spacial score (nSPS) is 13.4. The van der Waals surface area contributed by atoms with Crippen molar-refractivity contribution in [2.24, 2.45) is 0 Å². The van der Waals surface area contributed by atoms with Gasteiger partial charge in [-0.3, -0.25) is 9.59 Å². The summed E-state index contributed by atoms with van der Waals surface area (Å²) in [6.07, 6.45) is -0.0802. The van der Waals surface area contributed by atoms with Crippen LogP contribution in [-0.4, -0.2) is 15.2 Å². The molecule has 0 saturated carbocycles. The summed E-state index contributed by atoms with van der Waals surface area (Å²) in [5, 5.41) is -0.859. The molecular formula is C15H17NO3S2. The number of para-hydroxylation sites is 1. The van der Waals surface area contributed by atoms with Crippen molar-refractivity contribution >= 4 is 46.6 Å². The summed E-state index contributed by atoms with van der Waals surface area (Å²) in [7, 11) is 0. The predicted molar refractivity (Wildman–Crippen MR) is 88.1 cm³/mol. The number of carbonyl (C=O) groups excluding carboxylic acids is 2. The third-order valence-corrected chi connectivity index (χ3v) is 3.71. The standard InChI is InChI=1S/C15H17NO3S2/c1-15(2,3)9-5-4-6-10-12(9)19-13(16-10)8(14(18)21)7-11(17)20/h4-6,8H,7H2,1-3H3,(H,17,20)(H,18,21). The summed E-state index contributed by atoms with van der Waals surface area (Å²) in [6.45, 7) is 6.22. The van der Waals surface area contributed by atoms with Gasteiger partial charge in [0.25, 0.3) is 0 Å². The monoisotopic (exact) mass is 323 g/mol. The van der Waals surface area contributed by atoms with Crippen molar-refractivity contribution in [3.63, 3.8) is 0 Å². The highest BCUT2D eigenvalue weighted by Crippen LogP contribution is 2.33. The van der Waals surface area contributed by atoms with E-state index in [4.69, 9.17) is 4.42 Å². The molecule has 0 aliphatic rings. The zero-order valence-electron chi connectivity index (χ0n) is 12.1. The van der Waals surface area contributed by atoms with Crippen molar-refractivity contribution in [2.75, 3.05) is 0 Å². The zero-order valence-corrected chi connectivity index (χ0v) is 13.9. The Kier molecular flexibility index (Phi) is 4.49. The SMILES string of the molecule is CC(C)(C)c1cccc2nc(C(CC(=O)S)C(=O)S)oc12. The molecule has 0 radical (unpaired) electrons. The second-order valence-electron chi connectivity index (χ2n) is 5.94. The molecule has 4 nitrogen and oxygen atoms in total. The summed E-state index contributed by atoms with van der Waals surface area (Å²) in [4.78, 5) is 27.1. The first-order valence-corrected chi connectivity index (χ1v) is 7.44. The van der Waals surface area contributed by atoms with E-state index in [1.807, 2.05) is 18.2 Å². The minimum Gasteiger partial charge on any atom is -0.440 e. The lowest BCUT2D eigenvalue weighted by molar-refractivity contribution is -0.117. The number of rotatable bonds is 4. The van der Waals surface area contributed by atoms with Crippen molar-refractivity contribution < 1.29 is 14.0 Å². The van der Waals surface area contributed by atoms with Gasteiger partial charge in [-0.05, 0) is 11.5 Å². The third-order valence-electron chi connectivity index (χ3n) is 3.21. The maximum atomic E-state index is 11.6. The van der Waals surface area contributed by atoms with Crippen LogP contribution in [0.2, 0.25) is 0 Å². The van der Waals surface area contributed by atoms with Gasteiger partial charge < -0.3 is 4.42 Å². The van der Waals surface area contributed by atoms with E-state index in [-0.39, 0.29) is 17.7 Å². The lowest BCUT2D eigenvalue weighted by Crippen LogP contribution is -2.11. The molecule has 0 amide bonds. The van der Waals surface area contributed by atoms with Crippen molar-refractivity contribution in [1.82, 2.24) is 4.98 Å². The maximum absolute atomic E-state index is 11.6. The van der Waals surface area contributed by atoms with Crippen LogP contribution in [0.5, 0.6) is 0 Å². The molecule has 0 spiro atoms. The number of thiol groups is 2. The number of oxazole rings is 1. The zero-order chi connectivity index (χ0) is 15.8. The fraction of sp³-hybridized carbons (Fsp3) is 0.400. The number of hydrogen-bond acceptors (Lipinski definition) is 4. The lowest BCUT2D eigenvalue weighted by atomic mass is 9.86. The minimum absolute atomic E-state index is 0.0802. The molecule has 1 heterocycles. The topological polar surface area (TPSA) is 60.2 Å². The van der Waals surface area contributed by atoms with Crippen LogP contribution in [0.15, 0.2) is 22.6 Å². The summed E-state index contributed by atoms with van der Waals surface area (Å²) >= 11 is 7.54. The highest BCUT2D eigenvalue weighted by Gasteiger charge is 2.27. The second-order valence-corrected chi connectivity index (χ2v) is 6.88. The van der Waals surface area contributed by atoms with E-state index >= 15 is 0 Å². The molecule has 0 N–H and O–H groups in total. The van der Waals surface area contributed by atoms with Gasteiger partial charge in [-0.2, -0.15) is 0 Å². The minimum atomic E-state index is -0.807. The van der Waals surface area contributed by atoms with Crippen molar-refractivity contribution in [3.05, 3.63) is 29.7 Å². The van der Waals surface area contributed by atoms with Crippen LogP contribution in [-0.2, 0) is 15.0 Å². The third kappa shape index (κ3) is 3.49. The Morgan fingerprint density at radius 2 is 1.95 bits per heavy atom. The Morgan fingerprint density at radius 1 is 1.29 bits per heavy atom. The number of fused-ring (bicyclic) bond motifs is 1. The van der Waals surface area contributed by atoms with Crippen molar-refractivity contribution in [1.29, 1.82) is 0 Å². The van der Waals surface area contributed by atoms with Crippen LogP contribution in [0.4, 0.5) is 0 Å². The molecule has 6 heteroatoms. The second kappa shape index (κ2) is 5.85. The van der Waals surface area contributed by atoms with Crippen molar-refractivity contribution in [2.45, 2.75) is 38.5 Å². The van der Waals surface area contributed by atoms with Crippen LogP contribution in [0.25, 0.3) is 11.1 Å². The summed E-state index contributed by atoms with van der Waals surface area (Å²) in [5.74, 6) is -0.595. The highest BCUT2D eigenvalue weighted by molar-refractivity contribution is 7.97. The number of benzene rings is 1. The van der Waals surface area contributed by atoms with Gasteiger partial charge in [-0.15, -0.1) is 25.3 Å². The number of hydrogen-bond donors (Lipinski definition) is 2. The van der Waals surface area contributed by atoms with Gasteiger partial charge in [-0.1, -0.05) is 32.9 Å². The summed E-state index contributed by atoms with van der Waals surface area (Å²) < 4.78 is 5.78. The summed E-state index contributed by atoms with van der Waals surface area (Å²) in [5.41, 5.74) is 2.20. The first-order valence-electron chi connectivity index (χ1n) is 6.54. The van der Waals surface area contributed by atoms with E-state index in [1.54, 1.807) is 0 Å². The molecule has 0 bridgehead atoms. The smallest absolute Gasteiger partial charge is 0.207 e. The largest absolute Gasteiger partial charge is 0.440 e. The van der Waals surface area contributed by atoms with E-state index in [1.165, 1.54) is 0 Å². The molecule has 2 aromatic rings. The van der Waals surface area contributed by atoms with Gasteiger partial charge in [0.15, 0.2) is 15.8 Å². The molecule has 0 aliphatic heterocycles. The van der Waals surface area contributed by atoms with E-state index in [0.29, 0.717) is 11.1 Å². The fourth-order valence-electron chi connectivity index (χ4n) is 2.16. The van der Waals surface area contributed by atoms with Crippen LogP contribution in [0, 0.1) is 0 Å². The van der Waals surface area contributed by atoms with Crippen LogP contribution in [0.1, 0.15) is 44.6 Å². The van der Waals surface area contributed by atoms with Crippen LogP contribution in [0.3, 0.4) is 0 Å². The molecule has 1 atom stereocenters. The van der Waals surface area contributed by atoms with E-state index in [0.717, 1.165) is 5.56 Å². The van der Waals surface area contributed by atoms with E-state index in [9.17, 15) is 9.59 Å². The number of aromatic nitrogens is 1. The Bertz CT molecular complexity index is 700. The van der Waals surface area contributed by atoms with Crippen LogP contribution >= 0.6 is 25.3 Å². The Labute approximate surface area is 134 Å². The fourth-order valence-corrected chi connectivity index (χ4v) is 2.55. The first kappa shape index (κ1) is 16.1. The lowest BCUT2D eigenvalue weighted by Gasteiger charge is -2.18. The Balaban J connectivity index is 2.56. The predicted octanol–water partition coefficient (Wildman–Crippen LogP) is 3.51. The first-order chi connectivity index (χ1) is 9.70. The molecule has 0 aliphatic carbocycles. The molecular weight excluding hydrogens is 306 g/mol. The van der Waals surface area contributed by atoms with Gasteiger partial charge in [0.2, 0.25) is 5.89 Å². The van der Waals surface area contributed by atoms with Gasteiger partial charge in [-0.25, -0.2) is 4.98 Å². The Morgan fingerprint density at radius 3 is 2.48 bits per heavy atom. The van der Waals surface area contributed by atoms with Gasteiger partial charge >= 0.3 is 0 Å². The molecule has 0 saturated heterocycles. The average Bonchev–Trinajstić information content (AvgIpc) is 2.76. The molecule has 112 valence electrons. The molecule has 0 fully saturated rings. The number of carbonyl (C=O) groups is 2. The van der Waals surface area contributed by atoms with Gasteiger partial charge in [0.1, 0.15) is 11.4 Å². The molecule has 1 aromatic heterocycles. The molecule has 1 unspecified atom stereocenters.